The molecule has 0 radical (unpaired) electrons. The lowest BCUT2D eigenvalue weighted by Crippen LogP contribution is -2.24. The summed E-state index contributed by atoms with van der Waals surface area (Å²) >= 11 is 0. The van der Waals surface area contributed by atoms with E-state index in [1.807, 2.05) is 0 Å². The molecule has 0 atom stereocenters. The highest BCUT2D eigenvalue weighted by Crippen LogP contribution is 2.10. The summed E-state index contributed by atoms with van der Waals surface area (Å²) in [5.41, 5.74) is -0.612. The highest BCUT2D eigenvalue weighted by molar-refractivity contribution is 5.93. The molecule has 0 aliphatic rings. The van der Waals surface area contributed by atoms with Gasteiger partial charge in [-0.3, -0.25) is 0 Å². The number of hydrogen-bond acceptors (Lipinski definition) is 3. The average Bonchev–Trinajstić information content (AvgIpc) is 1.96. The smallest absolute Gasteiger partial charge is 0.349 e. The quantitative estimate of drug-likeness (QED) is 0.282. The van der Waals surface area contributed by atoms with Crippen molar-refractivity contribution in [1.29, 1.82) is 5.26 Å². The lowest BCUT2D eigenvalue weighted by molar-refractivity contribution is -0.149. The topological polar surface area (TPSA) is 50.1 Å². The largest absolute Gasteiger partial charge is 0.456 e. The first-order chi connectivity index (χ1) is 5.90. The summed E-state index contributed by atoms with van der Waals surface area (Å²) in [6.07, 6.45) is 2.70. The Kier molecular flexibility index (Phi) is 3.93. The summed E-state index contributed by atoms with van der Waals surface area (Å²) in [4.78, 5) is 11.2. The second kappa shape index (κ2) is 4.46. The molecule has 0 aliphatic heterocycles. The molecule has 70 valence electrons. The van der Waals surface area contributed by atoms with Crippen molar-refractivity contribution in [3.63, 3.8) is 0 Å². The lowest BCUT2D eigenvalue weighted by atomic mass is 10.2. The number of esters is 1. The minimum atomic E-state index is -0.616. The summed E-state index contributed by atoms with van der Waals surface area (Å²) < 4.78 is 4.97. The van der Waals surface area contributed by atoms with E-state index in [0.29, 0.717) is 0 Å². The van der Waals surface area contributed by atoms with Gasteiger partial charge in [-0.2, -0.15) is 5.26 Å². The van der Waals surface area contributed by atoms with E-state index in [9.17, 15) is 4.79 Å². The fourth-order valence-electron chi connectivity index (χ4n) is 0.602. The van der Waals surface area contributed by atoms with Crippen LogP contribution >= 0.6 is 0 Å². The van der Waals surface area contributed by atoms with Gasteiger partial charge < -0.3 is 4.74 Å². The van der Waals surface area contributed by atoms with Crippen LogP contribution in [-0.2, 0) is 9.53 Å². The van der Waals surface area contributed by atoms with Crippen molar-refractivity contribution in [3.05, 3.63) is 24.3 Å². The van der Waals surface area contributed by atoms with E-state index >= 15 is 0 Å². The van der Waals surface area contributed by atoms with Gasteiger partial charge in [0.25, 0.3) is 0 Å². The SMILES string of the molecule is C=CC=C(C#N)C(=O)OC(C)(C)C. The van der Waals surface area contributed by atoms with Crippen molar-refractivity contribution in [3.8, 4) is 6.07 Å². The lowest BCUT2D eigenvalue weighted by Gasteiger charge is -2.18. The molecule has 13 heavy (non-hydrogen) atoms. The molecule has 0 fully saturated rings. The molecule has 0 unspecified atom stereocenters. The molecular weight excluding hydrogens is 166 g/mol. The van der Waals surface area contributed by atoms with Gasteiger partial charge in [-0.1, -0.05) is 12.7 Å². The van der Waals surface area contributed by atoms with Gasteiger partial charge in [0.1, 0.15) is 17.2 Å². The van der Waals surface area contributed by atoms with Crippen LogP contribution in [0.1, 0.15) is 20.8 Å². The standard InChI is InChI=1S/C10H13NO2/c1-5-6-8(7-11)9(12)13-10(2,3)4/h5-6H,1H2,2-4H3. The molecule has 3 nitrogen and oxygen atoms in total. The summed E-state index contributed by atoms with van der Waals surface area (Å²) in [6.45, 7) is 8.62. The van der Waals surface area contributed by atoms with Gasteiger partial charge in [0, 0.05) is 0 Å². The number of carbonyl (C=O) groups excluding carboxylic acids is 1. The molecular formula is C10H13NO2. The zero-order chi connectivity index (χ0) is 10.5. The van der Waals surface area contributed by atoms with Crippen LogP contribution in [-0.4, -0.2) is 11.6 Å². The van der Waals surface area contributed by atoms with Crippen LogP contribution < -0.4 is 0 Å². The predicted octanol–water partition coefficient (Wildman–Crippen LogP) is 1.96. The van der Waals surface area contributed by atoms with Gasteiger partial charge in [0.2, 0.25) is 0 Å². The molecule has 0 saturated carbocycles. The highest BCUT2D eigenvalue weighted by Gasteiger charge is 2.18. The Morgan fingerprint density at radius 3 is 2.38 bits per heavy atom. The first kappa shape index (κ1) is 11.4. The zero-order valence-electron chi connectivity index (χ0n) is 8.13. The molecule has 0 amide bonds. The molecule has 3 heteroatoms. The number of hydrogen-bond donors (Lipinski definition) is 0. The first-order valence-electron chi connectivity index (χ1n) is 3.87. The molecule has 0 spiro atoms. The third-order valence-corrected chi connectivity index (χ3v) is 1.02. The number of nitriles is 1. The Balaban J connectivity index is 4.53. The van der Waals surface area contributed by atoms with Crippen molar-refractivity contribution in [2.45, 2.75) is 26.4 Å². The van der Waals surface area contributed by atoms with E-state index in [0.717, 1.165) is 0 Å². The number of rotatable bonds is 2. The van der Waals surface area contributed by atoms with Crippen molar-refractivity contribution in [2.75, 3.05) is 0 Å². The summed E-state index contributed by atoms with van der Waals surface area (Å²) in [5.74, 6) is -0.616. The normalized spacial score (nSPS) is 11.7. The molecule has 0 aromatic heterocycles. The van der Waals surface area contributed by atoms with Crippen LogP contribution in [0.25, 0.3) is 0 Å². The number of ether oxygens (including phenoxy) is 1. The van der Waals surface area contributed by atoms with Crippen molar-refractivity contribution >= 4 is 5.97 Å². The maximum absolute atomic E-state index is 11.2. The molecule has 0 aliphatic carbocycles. The van der Waals surface area contributed by atoms with E-state index in [2.05, 4.69) is 6.58 Å². The van der Waals surface area contributed by atoms with Crippen LogP contribution in [0, 0.1) is 11.3 Å². The minimum absolute atomic E-state index is 0.0371. The van der Waals surface area contributed by atoms with E-state index < -0.39 is 11.6 Å². The van der Waals surface area contributed by atoms with Crippen molar-refractivity contribution in [1.82, 2.24) is 0 Å². The van der Waals surface area contributed by atoms with Crippen LogP contribution in [0.3, 0.4) is 0 Å². The third-order valence-electron chi connectivity index (χ3n) is 1.02. The van der Waals surface area contributed by atoms with Crippen molar-refractivity contribution < 1.29 is 9.53 Å². The molecule has 0 aromatic carbocycles. The minimum Gasteiger partial charge on any atom is -0.456 e. The molecule has 0 aromatic rings. The Bertz CT molecular complexity index is 276. The Morgan fingerprint density at radius 1 is 1.54 bits per heavy atom. The maximum Gasteiger partial charge on any atom is 0.349 e. The monoisotopic (exact) mass is 179 g/mol. The number of carbonyl (C=O) groups is 1. The van der Waals surface area contributed by atoms with Crippen molar-refractivity contribution in [2.24, 2.45) is 0 Å². The fourth-order valence-corrected chi connectivity index (χ4v) is 0.602. The third kappa shape index (κ3) is 4.81. The average molecular weight is 179 g/mol. The molecule has 0 N–H and O–H groups in total. The van der Waals surface area contributed by atoms with Crippen LogP contribution in [0.5, 0.6) is 0 Å². The fraction of sp³-hybridized carbons (Fsp3) is 0.400. The maximum atomic E-state index is 11.2. The second-order valence-corrected chi connectivity index (χ2v) is 3.43. The second-order valence-electron chi connectivity index (χ2n) is 3.43. The van der Waals surface area contributed by atoms with Crippen LogP contribution in [0.2, 0.25) is 0 Å². The van der Waals surface area contributed by atoms with Gasteiger partial charge in [-0.05, 0) is 26.8 Å². The Labute approximate surface area is 78.3 Å². The summed E-state index contributed by atoms with van der Waals surface area (Å²) in [7, 11) is 0. The van der Waals surface area contributed by atoms with Crippen LogP contribution in [0.4, 0.5) is 0 Å². The van der Waals surface area contributed by atoms with Gasteiger partial charge in [-0.15, -0.1) is 0 Å². The van der Waals surface area contributed by atoms with E-state index in [1.165, 1.54) is 12.2 Å². The van der Waals surface area contributed by atoms with Gasteiger partial charge in [0.15, 0.2) is 0 Å². The Morgan fingerprint density at radius 2 is 2.08 bits per heavy atom. The predicted molar refractivity (Wildman–Crippen MR) is 49.7 cm³/mol. The van der Waals surface area contributed by atoms with Gasteiger partial charge in [0.05, 0.1) is 0 Å². The highest BCUT2D eigenvalue weighted by atomic mass is 16.6. The van der Waals surface area contributed by atoms with Crippen LogP contribution in [0.15, 0.2) is 24.3 Å². The van der Waals surface area contributed by atoms with Gasteiger partial charge in [-0.25, -0.2) is 4.79 Å². The number of allylic oxidation sites excluding steroid dienone is 2. The van der Waals surface area contributed by atoms with E-state index in [4.69, 9.17) is 10.00 Å². The van der Waals surface area contributed by atoms with E-state index in [1.54, 1.807) is 26.8 Å². The van der Waals surface area contributed by atoms with Gasteiger partial charge >= 0.3 is 5.97 Å². The molecule has 0 heterocycles. The molecule has 0 saturated heterocycles. The summed E-state index contributed by atoms with van der Waals surface area (Å²) in [5, 5.41) is 8.56. The van der Waals surface area contributed by atoms with E-state index in [-0.39, 0.29) is 5.57 Å². The Hall–Kier alpha value is -1.56. The first-order valence-corrected chi connectivity index (χ1v) is 3.87. The molecule has 0 bridgehead atoms. The number of nitrogens with zero attached hydrogens (tertiary/aromatic N) is 1. The summed E-state index contributed by atoms with van der Waals surface area (Å²) in [6, 6.07) is 1.74. The molecule has 0 rings (SSSR count). The zero-order valence-corrected chi connectivity index (χ0v) is 8.13.